The molecule has 2 aliphatic rings. The van der Waals surface area contributed by atoms with Crippen LogP contribution in [0.1, 0.15) is 56.4 Å². The van der Waals surface area contributed by atoms with Gasteiger partial charge >= 0.3 is 11.9 Å². The summed E-state index contributed by atoms with van der Waals surface area (Å²) in [6, 6.07) is 23.7. The molecule has 1 amide bonds. The molecule has 5 heteroatoms. The van der Waals surface area contributed by atoms with E-state index >= 15 is 0 Å². The van der Waals surface area contributed by atoms with Crippen LogP contribution in [0.25, 0.3) is 21.9 Å². The van der Waals surface area contributed by atoms with Crippen LogP contribution in [-0.4, -0.2) is 59.5 Å². The van der Waals surface area contributed by atoms with E-state index in [4.69, 9.17) is 0 Å². The maximum Gasteiger partial charge on any atom is 0.394 e. The van der Waals surface area contributed by atoms with E-state index in [-0.39, 0.29) is 5.92 Å². The Kier molecular flexibility index (Phi) is 8.20. The average molecular weight is 499 g/mol. The molecular weight excluding hydrogens is 460 g/mol. The second-order valence-electron chi connectivity index (χ2n) is 10.8. The summed E-state index contributed by atoms with van der Waals surface area (Å²) >= 11 is 0. The molecule has 5 nitrogen and oxygen atoms in total. The highest BCUT2D eigenvalue weighted by Crippen LogP contribution is 2.38. The summed E-state index contributed by atoms with van der Waals surface area (Å²) in [5.41, 5.74) is 3.60. The first kappa shape index (κ1) is 25.5. The average Bonchev–Trinajstić information content (AvgIpc) is 3.47. The van der Waals surface area contributed by atoms with E-state index in [1.807, 2.05) is 0 Å². The zero-order valence-electron chi connectivity index (χ0n) is 21.6. The van der Waals surface area contributed by atoms with Crippen LogP contribution in [-0.2, 0) is 9.59 Å². The molecule has 1 aliphatic carbocycles. The smallest absolute Gasteiger partial charge is 0.394 e. The molecule has 2 fully saturated rings. The fourth-order valence-electron chi connectivity index (χ4n) is 6.37. The van der Waals surface area contributed by atoms with E-state index in [0.29, 0.717) is 19.0 Å². The first-order chi connectivity index (χ1) is 18.1. The maximum atomic E-state index is 12.8. The molecular formula is C32H38N2O3. The summed E-state index contributed by atoms with van der Waals surface area (Å²) in [7, 11) is 0. The van der Waals surface area contributed by atoms with Gasteiger partial charge in [-0.2, -0.15) is 0 Å². The number of benzene rings is 3. The van der Waals surface area contributed by atoms with E-state index in [2.05, 4.69) is 71.6 Å². The Morgan fingerprint density at radius 1 is 0.865 bits per heavy atom. The summed E-state index contributed by atoms with van der Waals surface area (Å²) in [6.07, 6.45) is 8.30. The number of hydrogen-bond acceptors (Lipinski definition) is 3. The zero-order valence-corrected chi connectivity index (χ0v) is 21.6. The number of amides is 1. The third-order valence-electron chi connectivity index (χ3n) is 8.43. The minimum atomic E-state index is -1.35. The van der Waals surface area contributed by atoms with Gasteiger partial charge in [-0.25, -0.2) is 4.79 Å². The molecule has 0 spiro atoms. The van der Waals surface area contributed by atoms with Crippen LogP contribution >= 0.6 is 0 Å². The topological polar surface area (TPSA) is 60.9 Å². The van der Waals surface area contributed by atoms with Gasteiger partial charge < -0.3 is 14.9 Å². The maximum absolute atomic E-state index is 12.8. The van der Waals surface area contributed by atoms with Gasteiger partial charge in [0, 0.05) is 25.6 Å². The molecule has 1 atom stereocenters. The Bertz CT molecular complexity index is 1200. The van der Waals surface area contributed by atoms with Crippen LogP contribution in [0.2, 0.25) is 0 Å². The summed E-state index contributed by atoms with van der Waals surface area (Å²) in [6.45, 7) is 3.77. The Hall–Kier alpha value is -3.18. The Balaban J connectivity index is 1.41. The molecule has 3 aromatic rings. The number of carboxylic acids is 1. The molecule has 0 bridgehead atoms. The highest BCUT2D eigenvalue weighted by atomic mass is 16.4. The van der Waals surface area contributed by atoms with Crippen molar-refractivity contribution in [3.05, 3.63) is 72.3 Å². The summed E-state index contributed by atoms with van der Waals surface area (Å²) in [5, 5.41) is 12.0. The molecule has 1 unspecified atom stereocenters. The Morgan fingerprint density at radius 2 is 1.57 bits per heavy atom. The van der Waals surface area contributed by atoms with E-state index < -0.39 is 11.9 Å². The third kappa shape index (κ3) is 6.04. The van der Waals surface area contributed by atoms with Gasteiger partial charge in [-0.15, -0.1) is 0 Å². The van der Waals surface area contributed by atoms with Gasteiger partial charge in [0.1, 0.15) is 0 Å². The number of carbonyl (C=O) groups is 2. The van der Waals surface area contributed by atoms with Crippen LogP contribution in [0.5, 0.6) is 0 Å². The van der Waals surface area contributed by atoms with Gasteiger partial charge in [0.15, 0.2) is 0 Å². The quantitative estimate of drug-likeness (QED) is 0.377. The number of likely N-dealkylation sites (tertiary alicyclic amines) is 1. The lowest BCUT2D eigenvalue weighted by Gasteiger charge is -2.35. The lowest BCUT2D eigenvalue weighted by atomic mass is 9.76. The Labute approximate surface area is 220 Å². The number of carboxylic acid groups (broad SMARTS) is 1. The normalized spacial score (nSPS) is 17.6. The van der Waals surface area contributed by atoms with Gasteiger partial charge in [-0.05, 0) is 72.2 Å². The largest absolute Gasteiger partial charge is 0.474 e. The second kappa shape index (κ2) is 11.9. The van der Waals surface area contributed by atoms with Gasteiger partial charge in [0.2, 0.25) is 0 Å². The van der Waals surface area contributed by atoms with Crippen LogP contribution in [0.4, 0.5) is 0 Å². The summed E-state index contributed by atoms with van der Waals surface area (Å²) < 4.78 is 0. The summed E-state index contributed by atoms with van der Waals surface area (Å²) in [4.78, 5) is 28.5. The number of hydrogen-bond donors (Lipinski definition) is 1. The first-order valence-corrected chi connectivity index (χ1v) is 13.9. The minimum Gasteiger partial charge on any atom is -0.474 e. The van der Waals surface area contributed by atoms with Crippen molar-refractivity contribution in [1.82, 2.24) is 9.80 Å². The lowest BCUT2D eigenvalue weighted by Crippen LogP contribution is -2.44. The fourth-order valence-corrected chi connectivity index (χ4v) is 6.37. The van der Waals surface area contributed by atoms with Crippen LogP contribution < -0.4 is 0 Å². The number of rotatable bonds is 8. The Morgan fingerprint density at radius 3 is 2.30 bits per heavy atom. The minimum absolute atomic E-state index is 0.142. The van der Waals surface area contributed by atoms with Crippen molar-refractivity contribution in [3.8, 4) is 11.1 Å². The summed E-state index contributed by atoms with van der Waals surface area (Å²) in [5.74, 6) is -1.51. The monoisotopic (exact) mass is 498 g/mol. The van der Waals surface area contributed by atoms with Crippen molar-refractivity contribution in [3.63, 3.8) is 0 Å². The molecule has 3 aromatic carbocycles. The number of fused-ring (bicyclic) bond motifs is 1. The standard InChI is InChI=1S/C32H38N2O3/c35-31(32(36)37)34(22-21-33-19-6-7-20-33)23-30(25-9-2-1-3-10-25)27-17-15-26(16-18-27)29-14-8-12-24-11-4-5-13-28(24)29/h4-5,8,11-18,25,30H,1-3,6-7,9-10,19-23H2,(H,36,37). The number of carbonyl (C=O) groups excluding carboxylic acids is 1. The van der Waals surface area contributed by atoms with Crippen molar-refractivity contribution < 1.29 is 14.7 Å². The van der Waals surface area contributed by atoms with Crippen molar-refractivity contribution >= 4 is 22.6 Å². The zero-order chi connectivity index (χ0) is 25.6. The van der Waals surface area contributed by atoms with Crippen molar-refractivity contribution in [2.24, 2.45) is 5.92 Å². The SMILES string of the molecule is O=C(O)C(=O)N(CCN1CCCC1)CC(c1ccc(-c2cccc3ccccc23)cc1)C1CCCCC1. The van der Waals surface area contributed by atoms with Gasteiger partial charge in [-0.3, -0.25) is 4.79 Å². The number of nitrogens with zero attached hydrogens (tertiary/aromatic N) is 2. The van der Waals surface area contributed by atoms with E-state index in [9.17, 15) is 14.7 Å². The molecule has 1 aliphatic heterocycles. The second-order valence-corrected chi connectivity index (χ2v) is 10.8. The van der Waals surface area contributed by atoms with Crippen LogP contribution in [0.3, 0.4) is 0 Å². The van der Waals surface area contributed by atoms with Crippen molar-refractivity contribution in [1.29, 1.82) is 0 Å². The predicted molar refractivity (Wildman–Crippen MR) is 149 cm³/mol. The highest BCUT2D eigenvalue weighted by molar-refractivity contribution is 6.31. The third-order valence-corrected chi connectivity index (χ3v) is 8.43. The molecule has 1 heterocycles. The van der Waals surface area contributed by atoms with Gasteiger partial charge in [0.25, 0.3) is 0 Å². The molecule has 194 valence electrons. The molecule has 5 rings (SSSR count). The van der Waals surface area contributed by atoms with Gasteiger partial charge in [-0.1, -0.05) is 86.0 Å². The van der Waals surface area contributed by atoms with Gasteiger partial charge in [0.05, 0.1) is 0 Å². The molecule has 37 heavy (non-hydrogen) atoms. The fraction of sp³-hybridized carbons (Fsp3) is 0.438. The molecule has 1 saturated carbocycles. The van der Waals surface area contributed by atoms with Crippen molar-refractivity contribution in [2.75, 3.05) is 32.7 Å². The van der Waals surface area contributed by atoms with Crippen molar-refractivity contribution in [2.45, 2.75) is 50.9 Å². The first-order valence-electron chi connectivity index (χ1n) is 13.9. The molecule has 0 radical (unpaired) electrons. The van der Waals surface area contributed by atoms with Crippen LogP contribution in [0, 0.1) is 5.92 Å². The number of aliphatic carboxylic acids is 1. The predicted octanol–water partition coefficient (Wildman–Crippen LogP) is 6.18. The molecule has 0 aromatic heterocycles. The van der Waals surface area contributed by atoms with Crippen LogP contribution in [0.15, 0.2) is 66.7 Å². The van der Waals surface area contributed by atoms with E-state index in [1.165, 1.54) is 59.6 Å². The molecule has 1 N–H and O–H groups in total. The van der Waals surface area contributed by atoms with E-state index in [1.54, 1.807) is 4.90 Å². The highest BCUT2D eigenvalue weighted by Gasteiger charge is 2.31. The molecule has 1 saturated heterocycles. The lowest BCUT2D eigenvalue weighted by molar-refractivity contribution is -0.156. The van der Waals surface area contributed by atoms with E-state index in [0.717, 1.165) is 32.5 Å².